The van der Waals surface area contributed by atoms with Gasteiger partial charge in [0.05, 0.1) is 0 Å². The van der Waals surface area contributed by atoms with Crippen LogP contribution in [0.15, 0.2) is 18.2 Å². The maximum Gasteiger partial charge on any atom is 0.220 e. The summed E-state index contributed by atoms with van der Waals surface area (Å²) in [6, 6.07) is 6.67. The third-order valence-electron chi connectivity index (χ3n) is 3.59. The van der Waals surface area contributed by atoms with Crippen LogP contribution < -0.4 is 5.32 Å². The van der Waals surface area contributed by atoms with E-state index in [0.717, 1.165) is 6.42 Å². The largest absolute Gasteiger partial charge is 0.353 e. The smallest absolute Gasteiger partial charge is 0.220 e. The molecular weight excluding hydrogens is 198 g/mol. The third-order valence-corrected chi connectivity index (χ3v) is 3.59. The normalized spacial score (nSPS) is 24.6. The highest BCUT2D eigenvalue weighted by atomic mass is 16.2. The monoisotopic (exact) mass is 217 g/mol. The van der Waals surface area contributed by atoms with Crippen molar-refractivity contribution in [1.29, 1.82) is 0 Å². The summed E-state index contributed by atoms with van der Waals surface area (Å²) in [6.07, 6.45) is 1.65. The lowest BCUT2D eigenvalue weighted by Crippen LogP contribution is -2.27. The van der Waals surface area contributed by atoms with Crippen molar-refractivity contribution in [2.45, 2.75) is 45.6 Å². The number of amides is 1. The van der Waals surface area contributed by atoms with E-state index in [9.17, 15) is 4.79 Å². The molecule has 0 radical (unpaired) electrons. The molecule has 0 saturated carbocycles. The van der Waals surface area contributed by atoms with Gasteiger partial charge in [-0.05, 0) is 37.0 Å². The van der Waals surface area contributed by atoms with E-state index in [1.807, 2.05) is 0 Å². The lowest BCUT2D eigenvalue weighted by molar-refractivity contribution is -0.119. The van der Waals surface area contributed by atoms with Crippen LogP contribution >= 0.6 is 0 Å². The summed E-state index contributed by atoms with van der Waals surface area (Å²) < 4.78 is 0. The van der Waals surface area contributed by atoms with E-state index in [1.165, 1.54) is 16.7 Å². The van der Waals surface area contributed by atoms with Gasteiger partial charge in [0, 0.05) is 18.4 Å². The molecule has 2 rings (SSSR count). The van der Waals surface area contributed by atoms with E-state index in [2.05, 4.69) is 44.3 Å². The molecule has 2 heteroatoms. The Labute approximate surface area is 97.1 Å². The number of rotatable bonds is 2. The number of hydrogen-bond donors (Lipinski definition) is 1. The Kier molecular flexibility index (Phi) is 2.99. The molecule has 0 aliphatic carbocycles. The molecule has 1 N–H and O–H groups in total. The number of hydrogen-bond acceptors (Lipinski definition) is 1. The lowest BCUT2D eigenvalue weighted by Gasteiger charge is -2.21. The highest BCUT2D eigenvalue weighted by Gasteiger charge is 2.33. The summed E-state index contributed by atoms with van der Waals surface area (Å²) in [5, 5.41) is 3.07. The van der Waals surface area contributed by atoms with Crippen LogP contribution in [0, 0.1) is 13.8 Å². The van der Waals surface area contributed by atoms with Gasteiger partial charge in [0.1, 0.15) is 0 Å². The highest BCUT2D eigenvalue weighted by Crippen LogP contribution is 2.34. The molecule has 2 nitrogen and oxygen atoms in total. The molecule has 1 aliphatic heterocycles. The molecule has 1 aromatic carbocycles. The van der Waals surface area contributed by atoms with E-state index < -0.39 is 0 Å². The zero-order valence-electron chi connectivity index (χ0n) is 10.2. The second-order valence-electron chi connectivity index (χ2n) is 4.70. The Morgan fingerprint density at radius 3 is 2.50 bits per heavy atom. The first-order valence-corrected chi connectivity index (χ1v) is 5.99. The molecule has 2 unspecified atom stereocenters. The van der Waals surface area contributed by atoms with Crippen molar-refractivity contribution in [3.05, 3.63) is 34.9 Å². The van der Waals surface area contributed by atoms with Crippen molar-refractivity contribution in [2.75, 3.05) is 0 Å². The number of aryl methyl sites for hydroxylation is 2. The van der Waals surface area contributed by atoms with E-state index >= 15 is 0 Å². The first-order valence-electron chi connectivity index (χ1n) is 5.99. The van der Waals surface area contributed by atoms with Crippen LogP contribution in [-0.4, -0.2) is 11.9 Å². The van der Waals surface area contributed by atoms with Gasteiger partial charge in [-0.25, -0.2) is 0 Å². The Bertz CT molecular complexity index is 391. The lowest BCUT2D eigenvalue weighted by atomic mass is 9.85. The topological polar surface area (TPSA) is 29.1 Å². The van der Waals surface area contributed by atoms with Gasteiger partial charge >= 0.3 is 0 Å². The standard InChI is InChI=1S/C14H19NO/c1-4-12-11(8-13(16)15-12)14-9(2)6-5-7-10(14)3/h5-7,11-12H,4,8H2,1-3H3,(H,15,16). The zero-order chi connectivity index (χ0) is 11.7. The van der Waals surface area contributed by atoms with Crippen LogP contribution in [-0.2, 0) is 4.79 Å². The summed E-state index contributed by atoms with van der Waals surface area (Å²) >= 11 is 0. The number of carbonyl (C=O) groups excluding carboxylic acids is 1. The Hall–Kier alpha value is -1.31. The molecule has 1 amide bonds. The van der Waals surface area contributed by atoms with Crippen molar-refractivity contribution in [3.8, 4) is 0 Å². The fraction of sp³-hybridized carbons (Fsp3) is 0.500. The molecule has 0 aromatic heterocycles. The maximum atomic E-state index is 11.5. The van der Waals surface area contributed by atoms with E-state index in [0.29, 0.717) is 18.4 Å². The van der Waals surface area contributed by atoms with Crippen LogP contribution in [0.2, 0.25) is 0 Å². The van der Waals surface area contributed by atoms with Crippen LogP contribution in [0.25, 0.3) is 0 Å². The van der Waals surface area contributed by atoms with Crippen LogP contribution in [0.5, 0.6) is 0 Å². The highest BCUT2D eigenvalue weighted by molar-refractivity contribution is 5.80. The first-order chi connectivity index (χ1) is 7.63. The van der Waals surface area contributed by atoms with Gasteiger partial charge in [-0.15, -0.1) is 0 Å². The fourth-order valence-electron chi connectivity index (χ4n) is 2.81. The minimum absolute atomic E-state index is 0.194. The van der Waals surface area contributed by atoms with Gasteiger partial charge < -0.3 is 5.32 Å². The molecular formula is C14H19NO. The molecule has 86 valence electrons. The average molecular weight is 217 g/mol. The van der Waals surface area contributed by atoms with E-state index in [1.54, 1.807) is 0 Å². The molecule has 1 aliphatic rings. The van der Waals surface area contributed by atoms with Crippen molar-refractivity contribution >= 4 is 5.91 Å². The predicted octanol–water partition coefficient (Wildman–Crippen LogP) is 2.69. The first kappa shape index (κ1) is 11.2. The molecule has 0 spiro atoms. The SMILES string of the molecule is CCC1NC(=O)CC1c1c(C)cccc1C. The fourth-order valence-corrected chi connectivity index (χ4v) is 2.81. The summed E-state index contributed by atoms with van der Waals surface area (Å²) in [7, 11) is 0. The Morgan fingerprint density at radius 1 is 1.31 bits per heavy atom. The zero-order valence-corrected chi connectivity index (χ0v) is 10.2. The van der Waals surface area contributed by atoms with Crippen molar-refractivity contribution in [1.82, 2.24) is 5.32 Å². The summed E-state index contributed by atoms with van der Waals surface area (Å²) in [4.78, 5) is 11.5. The Balaban J connectivity index is 2.40. The van der Waals surface area contributed by atoms with Crippen LogP contribution in [0.1, 0.15) is 42.4 Å². The Morgan fingerprint density at radius 2 is 1.94 bits per heavy atom. The minimum Gasteiger partial charge on any atom is -0.353 e. The molecule has 1 aromatic rings. The molecule has 0 bridgehead atoms. The summed E-state index contributed by atoms with van der Waals surface area (Å²) in [5.41, 5.74) is 3.98. The van der Waals surface area contributed by atoms with Crippen LogP contribution in [0.3, 0.4) is 0 Å². The molecule has 1 heterocycles. The third kappa shape index (κ3) is 1.84. The van der Waals surface area contributed by atoms with Gasteiger partial charge in [0.2, 0.25) is 5.91 Å². The van der Waals surface area contributed by atoms with Gasteiger partial charge in [-0.3, -0.25) is 4.79 Å². The van der Waals surface area contributed by atoms with Crippen molar-refractivity contribution in [2.24, 2.45) is 0 Å². The molecule has 1 saturated heterocycles. The van der Waals surface area contributed by atoms with Crippen LogP contribution in [0.4, 0.5) is 0 Å². The van der Waals surface area contributed by atoms with Crippen molar-refractivity contribution in [3.63, 3.8) is 0 Å². The number of benzene rings is 1. The molecule has 2 atom stereocenters. The van der Waals surface area contributed by atoms with Gasteiger partial charge in [-0.2, -0.15) is 0 Å². The average Bonchev–Trinajstić information content (AvgIpc) is 2.59. The molecule has 16 heavy (non-hydrogen) atoms. The van der Waals surface area contributed by atoms with Crippen molar-refractivity contribution < 1.29 is 4.79 Å². The minimum atomic E-state index is 0.194. The van der Waals surface area contributed by atoms with Gasteiger partial charge in [0.25, 0.3) is 0 Å². The number of nitrogens with one attached hydrogen (secondary N) is 1. The summed E-state index contributed by atoms with van der Waals surface area (Å²) in [6.45, 7) is 6.41. The van der Waals surface area contributed by atoms with Gasteiger partial charge in [-0.1, -0.05) is 25.1 Å². The predicted molar refractivity (Wildman–Crippen MR) is 65.5 cm³/mol. The number of carbonyl (C=O) groups is 1. The summed E-state index contributed by atoms with van der Waals surface area (Å²) in [5.74, 6) is 0.554. The quantitative estimate of drug-likeness (QED) is 0.810. The second kappa shape index (κ2) is 4.28. The van der Waals surface area contributed by atoms with E-state index in [-0.39, 0.29) is 5.91 Å². The molecule has 1 fully saturated rings. The van der Waals surface area contributed by atoms with Gasteiger partial charge in [0.15, 0.2) is 0 Å². The maximum absolute atomic E-state index is 11.5. The van der Waals surface area contributed by atoms with E-state index in [4.69, 9.17) is 0 Å². The second-order valence-corrected chi connectivity index (χ2v) is 4.70.